The van der Waals surface area contributed by atoms with Crippen molar-refractivity contribution < 1.29 is 24.2 Å². The van der Waals surface area contributed by atoms with Gasteiger partial charge in [0, 0.05) is 13.0 Å². The fraction of sp³-hybridized carbons (Fsp3) is 0.385. The Kier molecular flexibility index (Phi) is 3.89. The number of aliphatic hydroxyl groups excluding tert-OH is 1. The molecule has 20 heavy (non-hydrogen) atoms. The Morgan fingerprint density at radius 2 is 2.15 bits per heavy atom. The maximum atomic E-state index is 13.6. The molecular weight excluding hydrogens is 267 g/mol. The molecule has 1 saturated heterocycles. The zero-order valence-electron chi connectivity index (χ0n) is 10.8. The number of amides is 2. The highest BCUT2D eigenvalue weighted by Gasteiger charge is 2.39. The maximum Gasteiger partial charge on any atom is 0.326 e. The van der Waals surface area contributed by atoms with Crippen LogP contribution in [0.5, 0.6) is 0 Å². The van der Waals surface area contributed by atoms with Gasteiger partial charge < -0.3 is 20.4 Å². The lowest BCUT2D eigenvalue weighted by Crippen LogP contribution is -2.43. The summed E-state index contributed by atoms with van der Waals surface area (Å²) in [5, 5.41) is 20.9. The van der Waals surface area contributed by atoms with Gasteiger partial charge in [-0.25, -0.2) is 14.0 Å². The Hall–Kier alpha value is -2.15. The second-order valence-corrected chi connectivity index (χ2v) is 4.76. The number of hydrogen-bond acceptors (Lipinski definition) is 3. The van der Waals surface area contributed by atoms with Gasteiger partial charge in [0.2, 0.25) is 0 Å². The lowest BCUT2D eigenvalue weighted by atomic mass is 10.2. The first-order valence-electron chi connectivity index (χ1n) is 6.13. The second-order valence-electron chi connectivity index (χ2n) is 4.76. The number of aliphatic carboxylic acids is 1. The number of halogens is 1. The van der Waals surface area contributed by atoms with E-state index >= 15 is 0 Å². The van der Waals surface area contributed by atoms with Crippen molar-refractivity contribution in [3.05, 3.63) is 29.6 Å². The van der Waals surface area contributed by atoms with Gasteiger partial charge in [0.25, 0.3) is 0 Å². The smallest absolute Gasteiger partial charge is 0.326 e. The maximum absolute atomic E-state index is 13.6. The quantitative estimate of drug-likeness (QED) is 0.760. The highest BCUT2D eigenvalue weighted by Crippen LogP contribution is 2.23. The summed E-state index contributed by atoms with van der Waals surface area (Å²) in [6.07, 6.45) is -0.914. The van der Waals surface area contributed by atoms with E-state index in [9.17, 15) is 19.1 Å². The van der Waals surface area contributed by atoms with Crippen molar-refractivity contribution in [2.75, 3.05) is 11.9 Å². The van der Waals surface area contributed by atoms with Crippen LogP contribution in [0.15, 0.2) is 18.2 Å². The van der Waals surface area contributed by atoms with Gasteiger partial charge in [0.05, 0.1) is 11.8 Å². The van der Waals surface area contributed by atoms with E-state index in [1.165, 1.54) is 12.1 Å². The molecule has 1 aliphatic heterocycles. The lowest BCUT2D eigenvalue weighted by molar-refractivity contribution is -0.141. The summed E-state index contributed by atoms with van der Waals surface area (Å²) in [6.45, 7) is 1.54. The van der Waals surface area contributed by atoms with E-state index in [1.807, 2.05) is 0 Å². The van der Waals surface area contributed by atoms with Gasteiger partial charge in [-0.05, 0) is 18.6 Å². The minimum Gasteiger partial charge on any atom is -0.480 e. The lowest BCUT2D eigenvalue weighted by Gasteiger charge is -2.22. The SMILES string of the molecule is Cc1cccc(F)c1NC(=O)N1C[C@@H](O)C[C@H]1C(=O)O. The largest absolute Gasteiger partial charge is 0.480 e. The van der Waals surface area contributed by atoms with Crippen LogP contribution in [0.2, 0.25) is 0 Å². The van der Waals surface area contributed by atoms with Crippen molar-refractivity contribution in [3.63, 3.8) is 0 Å². The molecule has 1 aliphatic rings. The number of carboxylic acids is 1. The van der Waals surface area contributed by atoms with Gasteiger partial charge in [-0.3, -0.25) is 0 Å². The van der Waals surface area contributed by atoms with E-state index in [1.54, 1.807) is 13.0 Å². The fourth-order valence-electron chi connectivity index (χ4n) is 2.24. The van der Waals surface area contributed by atoms with Gasteiger partial charge in [0.15, 0.2) is 0 Å². The number of benzene rings is 1. The third-order valence-electron chi connectivity index (χ3n) is 3.28. The Bertz CT molecular complexity index is 529. The van der Waals surface area contributed by atoms with Gasteiger partial charge in [-0.1, -0.05) is 12.1 Å². The minimum atomic E-state index is -1.19. The third-order valence-corrected chi connectivity index (χ3v) is 3.28. The van der Waals surface area contributed by atoms with E-state index in [2.05, 4.69) is 5.32 Å². The fourth-order valence-corrected chi connectivity index (χ4v) is 2.24. The number of carbonyl (C=O) groups is 2. The summed E-state index contributed by atoms with van der Waals surface area (Å²) in [5.74, 6) is -1.79. The number of anilines is 1. The average molecular weight is 282 g/mol. The molecule has 1 aromatic carbocycles. The summed E-state index contributed by atoms with van der Waals surface area (Å²) in [7, 11) is 0. The topological polar surface area (TPSA) is 89.9 Å². The van der Waals surface area contributed by atoms with Gasteiger partial charge >= 0.3 is 12.0 Å². The monoisotopic (exact) mass is 282 g/mol. The molecule has 2 amide bonds. The van der Waals surface area contributed by atoms with Crippen LogP contribution in [0.25, 0.3) is 0 Å². The number of aryl methyl sites for hydroxylation is 1. The van der Waals surface area contributed by atoms with Crippen LogP contribution in [0.1, 0.15) is 12.0 Å². The van der Waals surface area contributed by atoms with Crippen molar-refractivity contribution in [1.82, 2.24) is 4.90 Å². The van der Waals surface area contributed by atoms with Crippen molar-refractivity contribution >= 4 is 17.7 Å². The highest BCUT2D eigenvalue weighted by atomic mass is 19.1. The summed E-state index contributed by atoms with van der Waals surface area (Å²) in [6, 6.07) is 2.52. The molecule has 1 heterocycles. The summed E-state index contributed by atoms with van der Waals surface area (Å²) in [4.78, 5) is 24.1. The van der Waals surface area contributed by atoms with Gasteiger partial charge in [-0.15, -0.1) is 0 Å². The van der Waals surface area contributed by atoms with Crippen LogP contribution in [0, 0.1) is 12.7 Å². The standard InChI is InChI=1S/C13H15FN2O4/c1-7-3-2-4-9(14)11(7)15-13(20)16-6-8(17)5-10(16)12(18)19/h2-4,8,10,17H,5-6H2,1H3,(H,15,20)(H,18,19)/t8-,10-/m0/s1. The number of aliphatic hydroxyl groups is 1. The predicted molar refractivity (Wildman–Crippen MR) is 68.9 cm³/mol. The number of hydrogen-bond donors (Lipinski definition) is 3. The first kappa shape index (κ1) is 14.3. The number of rotatable bonds is 2. The van der Waals surface area contributed by atoms with Crippen LogP contribution < -0.4 is 5.32 Å². The first-order chi connectivity index (χ1) is 9.40. The van der Waals surface area contributed by atoms with E-state index in [0.29, 0.717) is 5.56 Å². The molecule has 108 valence electrons. The molecule has 0 spiro atoms. The number of urea groups is 1. The van der Waals surface area contributed by atoms with Gasteiger partial charge in [-0.2, -0.15) is 0 Å². The average Bonchev–Trinajstić information content (AvgIpc) is 2.76. The molecule has 1 aromatic rings. The first-order valence-corrected chi connectivity index (χ1v) is 6.13. The van der Waals surface area contributed by atoms with E-state index in [0.717, 1.165) is 4.90 Å². The Balaban J connectivity index is 2.18. The number of carbonyl (C=O) groups excluding carboxylic acids is 1. The molecule has 7 heteroatoms. The summed E-state index contributed by atoms with van der Waals surface area (Å²) < 4.78 is 13.6. The summed E-state index contributed by atoms with van der Waals surface area (Å²) in [5.41, 5.74) is 0.549. The van der Waals surface area contributed by atoms with Crippen LogP contribution in [-0.2, 0) is 4.79 Å². The minimum absolute atomic E-state index is 0.0167. The van der Waals surface area contributed by atoms with Crippen LogP contribution in [-0.4, -0.2) is 45.8 Å². The number of β-amino-alcohol motifs (C(OH)–C–C–N with tert-alkyl or cyclic N) is 1. The normalized spacial score (nSPS) is 21.9. The van der Waals surface area contributed by atoms with E-state index < -0.39 is 30.0 Å². The van der Waals surface area contributed by atoms with Crippen LogP contribution in [0.3, 0.4) is 0 Å². The molecule has 0 aromatic heterocycles. The highest BCUT2D eigenvalue weighted by molar-refractivity contribution is 5.93. The van der Waals surface area contributed by atoms with Crippen molar-refractivity contribution in [3.8, 4) is 0 Å². The van der Waals surface area contributed by atoms with Crippen molar-refractivity contribution in [1.29, 1.82) is 0 Å². The number of carboxylic acid groups (broad SMARTS) is 1. The Labute approximate surface area is 114 Å². The van der Waals surface area contributed by atoms with Crippen LogP contribution in [0.4, 0.5) is 14.9 Å². The van der Waals surface area contributed by atoms with E-state index in [-0.39, 0.29) is 18.7 Å². The zero-order chi connectivity index (χ0) is 14.9. The molecular formula is C13H15FN2O4. The predicted octanol–water partition coefficient (Wildman–Crippen LogP) is 1.19. The molecule has 0 radical (unpaired) electrons. The zero-order valence-corrected chi connectivity index (χ0v) is 10.8. The molecule has 0 aliphatic carbocycles. The van der Waals surface area contributed by atoms with Crippen molar-refractivity contribution in [2.45, 2.75) is 25.5 Å². The molecule has 1 fully saturated rings. The summed E-state index contributed by atoms with van der Waals surface area (Å²) >= 11 is 0. The third kappa shape index (κ3) is 2.72. The molecule has 2 atom stereocenters. The Morgan fingerprint density at radius 1 is 1.45 bits per heavy atom. The number of para-hydroxylation sites is 1. The number of nitrogens with zero attached hydrogens (tertiary/aromatic N) is 1. The molecule has 3 N–H and O–H groups in total. The molecule has 2 rings (SSSR count). The van der Waals surface area contributed by atoms with Crippen LogP contribution >= 0.6 is 0 Å². The molecule has 0 saturated carbocycles. The second kappa shape index (κ2) is 5.46. The number of likely N-dealkylation sites (tertiary alicyclic amines) is 1. The molecule has 0 unspecified atom stereocenters. The van der Waals surface area contributed by atoms with Crippen molar-refractivity contribution in [2.24, 2.45) is 0 Å². The molecule has 6 nitrogen and oxygen atoms in total. The molecule has 0 bridgehead atoms. The Morgan fingerprint density at radius 3 is 2.75 bits per heavy atom. The van der Waals surface area contributed by atoms with E-state index in [4.69, 9.17) is 5.11 Å². The number of nitrogens with one attached hydrogen (secondary N) is 1. The van der Waals surface area contributed by atoms with Gasteiger partial charge in [0.1, 0.15) is 11.9 Å².